The number of carbonyl (C=O) groups is 4. The number of hydrogen-bond donors (Lipinski definition) is 5. The standard InChI is InChI=1S/C8H6O4.C5H10N2O.C5H9NO2/c9-7(10)5-1-2-6(4-3-5)8(11)12;6-5(8)7-3-1-2-4-7;7-5(8)4-2-1-3-6-4/h1-4H,(H,9,10)(H,11,12);1-4H2,(H2,6,8);4,6H,1-3H2,(H,7,8)/t;;4-/m..0/s1. The minimum Gasteiger partial charge on any atom is -0.480 e. The molecular formula is C18H25N3O7. The number of aromatic carboxylic acids is 2. The van der Waals surface area contributed by atoms with Crippen molar-refractivity contribution in [2.75, 3.05) is 19.6 Å². The number of hydrogen-bond acceptors (Lipinski definition) is 5. The number of benzene rings is 1. The maximum Gasteiger partial charge on any atom is 0.335 e. The van der Waals surface area contributed by atoms with Crippen molar-refractivity contribution in [3.8, 4) is 0 Å². The molecule has 2 heterocycles. The molecule has 3 rings (SSSR count). The van der Waals surface area contributed by atoms with Crippen LogP contribution in [0.25, 0.3) is 0 Å². The van der Waals surface area contributed by atoms with Gasteiger partial charge in [0.25, 0.3) is 0 Å². The summed E-state index contributed by atoms with van der Waals surface area (Å²) in [6, 6.07) is 4.48. The third-order valence-electron chi connectivity index (χ3n) is 4.15. The van der Waals surface area contributed by atoms with Crippen LogP contribution in [0.2, 0.25) is 0 Å². The molecule has 2 fully saturated rings. The first-order chi connectivity index (χ1) is 13.2. The van der Waals surface area contributed by atoms with Crippen LogP contribution in [0.15, 0.2) is 24.3 Å². The summed E-state index contributed by atoms with van der Waals surface area (Å²) in [6.45, 7) is 2.57. The van der Waals surface area contributed by atoms with E-state index in [9.17, 15) is 19.2 Å². The Labute approximate surface area is 161 Å². The fourth-order valence-corrected chi connectivity index (χ4v) is 2.59. The number of nitrogens with one attached hydrogen (secondary N) is 1. The van der Waals surface area contributed by atoms with Gasteiger partial charge < -0.3 is 31.3 Å². The van der Waals surface area contributed by atoms with Crippen LogP contribution in [-0.2, 0) is 4.79 Å². The molecular weight excluding hydrogens is 370 g/mol. The highest BCUT2D eigenvalue weighted by molar-refractivity contribution is 5.91. The number of carboxylic acids is 3. The van der Waals surface area contributed by atoms with Gasteiger partial charge in [-0.1, -0.05) is 0 Å². The van der Waals surface area contributed by atoms with Crippen LogP contribution >= 0.6 is 0 Å². The van der Waals surface area contributed by atoms with E-state index in [4.69, 9.17) is 21.1 Å². The molecule has 0 unspecified atom stereocenters. The molecule has 28 heavy (non-hydrogen) atoms. The second kappa shape index (κ2) is 11.5. The van der Waals surface area contributed by atoms with Gasteiger partial charge in [0, 0.05) is 13.1 Å². The second-order valence-electron chi connectivity index (χ2n) is 6.21. The van der Waals surface area contributed by atoms with Crippen molar-refractivity contribution in [1.82, 2.24) is 10.2 Å². The van der Waals surface area contributed by atoms with Gasteiger partial charge in [0.2, 0.25) is 0 Å². The first-order valence-corrected chi connectivity index (χ1v) is 8.79. The van der Waals surface area contributed by atoms with Crippen LogP contribution in [0, 0.1) is 0 Å². The number of nitrogens with zero attached hydrogens (tertiary/aromatic N) is 1. The van der Waals surface area contributed by atoms with E-state index < -0.39 is 17.9 Å². The minimum absolute atomic E-state index is 0.0833. The number of likely N-dealkylation sites (tertiary alicyclic amines) is 1. The van der Waals surface area contributed by atoms with Gasteiger partial charge in [0.15, 0.2) is 0 Å². The van der Waals surface area contributed by atoms with Crippen molar-refractivity contribution in [3.05, 3.63) is 35.4 Å². The molecule has 1 atom stereocenters. The maximum atomic E-state index is 10.3. The van der Waals surface area contributed by atoms with Crippen molar-refractivity contribution in [2.24, 2.45) is 5.73 Å². The van der Waals surface area contributed by atoms with Crippen molar-refractivity contribution in [3.63, 3.8) is 0 Å². The molecule has 0 bridgehead atoms. The lowest BCUT2D eigenvalue weighted by Gasteiger charge is -2.09. The predicted molar refractivity (Wildman–Crippen MR) is 99.4 cm³/mol. The second-order valence-corrected chi connectivity index (χ2v) is 6.21. The first kappa shape index (κ1) is 22.9. The number of urea groups is 1. The molecule has 10 nitrogen and oxygen atoms in total. The van der Waals surface area contributed by atoms with Crippen LogP contribution in [0.5, 0.6) is 0 Å². The molecule has 10 heteroatoms. The summed E-state index contributed by atoms with van der Waals surface area (Å²) in [4.78, 5) is 42.8. The molecule has 1 aromatic rings. The summed E-state index contributed by atoms with van der Waals surface area (Å²) in [6.07, 6.45) is 4.01. The topological polar surface area (TPSA) is 170 Å². The molecule has 6 N–H and O–H groups in total. The first-order valence-electron chi connectivity index (χ1n) is 8.79. The zero-order valence-corrected chi connectivity index (χ0v) is 15.3. The molecule has 2 aliphatic rings. The highest BCUT2D eigenvalue weighted by atomic mass is 16.4. The van der Waals surface area contributed by atoms with E-state index >= 15 is 0 Å². The summed E-state index contributed by atoms with van der Waals surface area (Å²) in [5.41, 5.74) is 5.15. The number of carboxylic acid groups (broad SMARTS) is 3. The molecule has 2 saturated heterocycles. The average molecular weight is 395 g/mol. The molecule has 0 spiro atoms. The van der Waals surface area contributed by atoms with Crippen molar-refractivity contribution in [1.29, 1.82) is 0 Å². The maximum absolute atomic E-state index is 10.3. The molecule has 154 valence electrons. The summed E-state index contributed by atoms with van der Waals surface area (Å²) >= 11 is 0. The molecule has 2 aliphatic heterocycles. The Morgan fingerprint density at radius 2 is 1.36 bits per heavy atom. The quantitative estimate of drug-likeness (QED) is 0.506. The zero-order chi connectivity index (χ0) is 21.1. The molecule has 0 saturated carbocycles. The molecule has 2 amide bonds. The summed E-state index contributed by atoms with van der Waals surface area (Å²) in [5, 5.41) is 28.1. The average Bonchev–Trinajstić information content (AvgIpc) is 3.36. The van der Waals surface area contributed by atoms with Gasteiger partial charge in [-0.3, -0.25) is 4.79 Å². The molecule has 0 radical (unpaired) electrons. The van der Waals surface area contributed by atoms with Gasteiger partial charge in [0.05, 0.1) is 11.1 Å². The van der Waals surface area contributed by atoms with Gasteiger partial charge in [-0.05, 0) is 56.5 Å². The highest BCUT2D eigenvalue weighted by Gasteiger charge is 2.20. The normalized spacial score (nSPS) is 17.6. The number of amides is 2. The van der Waals surface area contributed by atoms with E-state index in [1.807, 2.05) is 0 Å². The molecule has 1 aromatic carbocycles. The van der Waals surface area contributed by atoms with E-state index in [-0.39, 0.29) is 23.2 Å². The SMILES string of the molecule is NC(=O)N1CCCC1.O=C(O)[C@@H]1CCCN1.O=C(O)c1ccc(C(=O)O)cc1. The fraction of sp³-hybridized carbons (Fsp3) is 0.444. The Balaban J connectivity index is 0.000000217. The van der Waals surface area contributed by atoms with Crippen LogP contribution in [0.3, 0.4) is 0 Å². The van der Waals surface area contributed by atoms with E-state index in [1.165, 1.54) is 24.3 Å². The number of rotatable bonds is 3. The van der Waals surface area contributed by atoms with Crippen molar-refractivity contribution in [2.45, 2.75) is 31.7 Å². The smallest absolute Gasteiger partial charge is 0.335 e. The lowest BCUT2D eigenvalue weighted by molar-refractivity contribution is -0.139. The Morgan fingerprint density at radius 3 is 1.57 bits per heavy atom. The number of aliphatic carboxylic acids is 1. The monoisotopic (exact) mass is 395 g/mol. The molecule has 0 aromatic heterocycles. The highest BCUT2D eigenvalue weighted by Crippen LogP contribution is 2.05. The number of primary amides is 1. The van der Waals surface area contributed by atoms with Crippen LogP contribution < -0.4 is 11.1 Å². The van der Waals surface area contributed by atoms with Crippen molar-refractivity contribution < 1.29 is 34.5 Å². The van der Waals surface area contributed by atoms with Gasteiger partial charge >= 0.3 is 23.9 Å². The minimum atomic E-state index is -1.06. The van der Waals surface area contributed by atoms with Gasteiger partial charge in [-0.15, -0.1) is 0 Å². The van der Waals surface area contributed by atoms with E-state index in [2.05, 4.69) is 5.32 Å². The third-order valence-corrected chi connectivity index (χ3v) is 4.15. The van der Waals surface area contributed by atoms with Gasteiger partial charge in [0.1, 0.15) is 6.04 Å². The Hall–Kier alpha value is -3.14. The lowest BCUT2D eigenvalue weighted by atomic mass is 10.1. The van der Waals surface area contributed by atoms with E-state index in [0.717, 1.165) is 45.3 Å². The van der Waals surface area contributed by atoms with E-state index in [0.29, 0.717) is 0 Å². The van der Waals surface area contributed by atoms with Crippen LogP contribution in [0.1, 0.15) is 46.4 Å². The van der Waals surface area contributed by atoms with Gasteiger partial charge in [-0.2, -0.15) is 0 Å². The van der Waals surface area contributed by atoms with Gasteiger partial charge in [-0.25, -0.2) is 14.4 Å². The van der Waals surface area contributed by atoms with Crippen molar-refractivity contribution >= 4 is 23.9 Å². The largest absolute Gasteiger partial charge is 0.480 e. The van der Waals surface area contributed by atoms with Crippen LogP contribution in [-0.4, -0.2) is 69.8 Å². The number of carbonyl (C=O) groups excluding carboxylic acids is 1. The summed E-state index contributed by atoms with van der Waals surface area (Å²) < 4.78 is 0. The summed E-state index contributed by atoms with van der Waals surface area (Å²) in [7, 11) is 0. The Kier molecular flexibility index (Phi) is 9.44. The fourth-order valence-electron chi connectivity index (χ4n) is 2.59. The Morgan fingerprint density at radius 1 is 0.893 bits per heavy atom. The van der Waals surface area contributed by atoms with Crippen LogP contribution in [0.4, 0.5) is 4.79 Å². The Bertz CT molecular complexity index is 620. The zero-order valence-electron chi connectivity index (χ0n) is 15.3. The molecule has 0 aliphatic carbocycles. The third kappa shape index (κ3) is 8.04. The predicted octanol–water partition coefficient (Wildman–Crippen LogP) is 1.07. The van der Waals surface area contributed by atoms with E-state index in [1.54, 1.807) is 4.90 Å². The number of nitrogens with two attached hydrogens (primary N) is 1. The summed E-state index contributed by atoms with van der Waals surface area (Å²) in [5.74, 6) is -2.85. The lowest BCUT2D eigenvalue weighted by Crippen LogP contribution is -2.32.